The average Bonchev–Trinajstić information content (AvgIpc) is 3.54. The topological polar surface area (TPSA) is 128 Å². The number of imidazole rings is 1. The Kier molecular flexibility index (Phi) is 8.04. The van der Waals surface area contributed by atoms with E-state index in [0.717, 1.165) is 15.9 Å². The molecule has 3 N–H and O–H groups in total. The highest BCUT2D eigenvalue weighted by molar-refractivity contribution is 5.76. The summed E-state index contributed by atoms with van der Waals surface area (Å²) in [6.07, 6.45) is 1.58. The summed E-state index contributed by atoms with van der Waals surface area (Å²) in [5.41, 5.74) is 6.64. The number of tetrazole rings is 1. The standard InChI is InChI=1S/C26H31FN8O2/c1-26(2,37)24(34(15-21(27)13-28)23(36)17-35-30-18-29-32-35)25-31-22(20-11-7-4-8-12-20)16-33(25)14-19-9-5-3-6-10-19/h3-12,16,18,21,24,37H,13-15,17,28H2,1-2H3/t21-,24+/m1/s1. The molecule has 0 aliphatic carbocycles. The van der Waals surface area contributed by atoms with Crippen LogP contribution in [0, 0.1) is 0 Å². The number of aromatic nitrogens is 6. The van der Waals surface area contributed by atoms with E-state index >= 15 is 0 Å². The Labute approximate surface area is 214 Å². The first-order valence-electron chi connectivity index (χ1n) is 12.0. The largest absolute Gasteiger partial charge is 0.388 e. The molecule has 0 fully saturated rings. The molecule has 11 heteroatoms. The molecule has 1 amide bonds. The van der Waals surface area contributed by atoms with E-state index in [1.54, 1.807) is 13.8 Å². The van der Waals surface area contributed by atoms with Gasteiger partial charge in [0, 0.05) is 24.8 Å². The molecule has 0 aliphatic rings. The summed E-state index contributed by atoms with van der Waals surface area (Å²) >= 11 is 0. The lowest BCUT2D eigenvalue weighted by Crippen LogP contribution is -2.50. The third kappa shape index (κ3) is 6.43. The summed E-state index contributed by atoms with van der Waals surface area (Å²) in [4.78, 5) is 20.8. The zero-order valence-corrected chi connectivity index (χ0v) is 20.9. The maximum Gasteiger partial charge on any atom is 0.247 e. The Balaban J connectivity index is 1.83. The fourth-order valence-corrected chi connectivity index (χ4v) is 4.25. The number of halogens is 1. The van der Waals surface area contributed by atoms with Crippen LogP contribution in [0.4, 0.5) is 4.39 Å². The quantitative estimate of drug-likeness (QED) is 0.319. The van der Waals surface area contributed by atoms with Crippen molar-refractivity contribution in [2.45, 2.75) is 44.8 Å². The maximum absolute atomic E-state index is 14.7. The van der Waals surface area contributed by atoms with Gasteiger partial charge in [-0.15, -0.1) is 10.2 Å². The van der Waals surface area contributed by atoms with E-state index in [-0.39, 0.29) is 19.6 Å². The summed E-state index contributed by atoms with van der Waals surface area (Å²) in [5.74, 6) is -0.0870. The number of rotatable bonds is 11. The number of carbonyl (C=O) groups excluding carboxylic acids is 1. The molecule has 194 valence electrons. The molecule has 4 aromatic rings. The van der Waals surface area contributed by atoms with Gasteiger partial charge in [-0.1, -0.05) is 60.7 Å². The number of benzene rings is 2. The van der Waals surface area contributed by atoms with Crippen LogP contribution in [0.25, 0.3) is 11.3 Å². The molecule has 2 aromatic carbocycles. The van der Waals surface area contributed by atoms with Crippen molar-refractivity contribution >= 4 is 5.91 Å². The number of hydrogen-bond acceptors (Lipinski definition) is 7. The Morgan fingerprint density at radius 2 is 1.81 bits per heavy atom. The number of alkyl halides is 1. The minimum Gasteiger partial charge on any atom is -0.388 e. The number of nitrogens with two attached hydrogens (primary N) is 1. The zero-order chi connectivity index (χ0) is 26.4. The van der Waals surface area contributed by atoms with E-state index in [2.05, 4.69) is 15.4 Å². The molecule has 2 heterocycles. The van der Waals surface area contributed by atoms with E-state index in [9.17, 15) is 14.3 Å². The van der Waals surface area contributed by atoms with Crippen LogP contribution in [0.3, 0.4) is 0 Å². The molecule has 0 unspecified atom stereocenters. The third-order valence-electron chi connectivity index (χ3n) is 5.94. The molecule has 4 rings (SSSR count). The number of carbonyl (C=O) groups is 1. The van der Waals surface area contributed by atoms with Gasteiger partial charge in [-0.05, 0) is 24.6 Å². The number of nitrogens with zero attached hydrogens (tertiary/aromatic N) is 7. The van der Waals surface area contributed by atoms with Crippen molar-refractivity contribution in [3.8, 4) is 11.3 Å². The number of amides is 1. The molecule has 10 nitrogen and oxygen atoms in total. The van der Waals surface area contributed by atoms with Crippen LogP contribution < -0.4 is 5.73 Å². The lowest BCUT2D eigenvalue weighted by atomic mass is 9.95. The smallest absolute Gasteiger partial charge is 0.247 e. The highest BCUT2D eigenvalue weighted by Crippen LogP contribution is 2.34. The summed E-state index contributed by atoms with van der Waals surface area (Å²) < 4.78 is 16.6. The van der Waals surface area contributed by atoms with Crippen molar-refractivity contribution in [2.24, 2.45) is 5.73 Å². The van der Waals surface area contributed by atoms with E-state index in [1.165, 1.54) is 11.2 Å². The summed E-state index contributed by atoms with van der Waals surface area (Å²) in [5, 5.41) is 22.7. The van der Waals surface area contributed by atoms with Gasteiger partial charge in [0.05, 0.1) is 17.8 Å². The van der Waals surface area contributed by atoms with Gasteiger partial charge in [-0.25, -0.2) is 9.37 Å². The molecule has 0 radical (unpaired) electrons. The Bertz CT molecular complexity index is 1270. The Hall–Kier alpha value is -3.96. The second-order valence-electron chi connectivity index (χ2n) is 9.37. The van der Waals surface area contributed by atoms with Gasteiger partial charge >= 0.3 is 0 Å². The molecule has 37 heavy (non-hydrogen) atoms. The first-order valence-corrected chi connectivity index (χ1v) is 12.0. The van der Waals surface area contributed by atoms with Gasteiger partial charge < -0.3 is 20.3 Å². The predicted octanol–water partition coefficient (Wildman–Crippen LogP) is 2.22. The summed E-state index contributed by atoms with van der Waals surface area (Å²) in [7, 11) is 0. The molecule has 0 saturated carbocycles. The van der Waals surface area contributed by atoms with Crippen molar-refractivity contribution in [2.75, 3.05) is 13.1 Å². The zero-order valence-electron chi connectivity index (χ0n) is 20.9. The molecule has 0 aliphatic heterocycles. The van der Waals surface area contributed by atoms with Crippen LogP contribution >= 0.6 is 0 Å². The van der Waals surface area contributed by atoms with Crippen LogP contribution in [-0.4, -0.2) is 70.5 Å². The molecule has 0 saturated heterocycles. The van der Waals surface area contributed by atoms with E-state index in [0.29, 0.717) is 18.1 Å². The van der Waals surface area contributed by atoms with Crippen LogP contribution in [-0.2, 0) is 17.9 Å². The molecule has 2 atom stereocenters. The van der Waals surface area contributed by atoms with E-state index in [1.807, 2.05) is 71.4 Å². The summed E-state index contributed by atoms with van der Waals surface area (Å²) in [6.45, 7) is 2.69. The van der Waals surface area contributed by atoms with Crippen LogP contribution in [0.5, 0.6) is 0 Å². The van der Waals surface area contributed by atoms with Crippen LogP contribution in [0.2, 0.25) is 0 Å². The van der Waals surface area contributed by atoms with Gasteiger partial charge in [-0.2, -0.15) is 4.80 Å². The predicted molar refractivity (Wildman–Crippen MR) is 136 cm³/mol. The second-order valence-corrected chi connectivity index (χ2v) is 9.37. The maximum atomic E-state index is 14.7. The van der Waals surface area contributed by atoms with Crippen LogP contribution in [0.1, 0.15) is 31.3 Å². The van der Waals surface area contributed by atoms with Gasteiger partial charge in [0.25, 0.3) is 0 Å². The third-order valence-corrected chi connectivity index (χ3v) is 5.94. The number of hydrogen-bond donors (Lipinski definition) is 2. The lowest BCUT2D eigenvalue weighted by molar-refractivity contribution is -0.143. The van der Waals surface area contributed by atoms with E-state index in [4.69, 9.17) is 10.7 Å². The molecule has 0 spiro atoms. The second kappa shape index (κ2) is 11.4. The van der Waals surface area contributed by atoms with E-state index < -0.39 is 23.7 Å². The summed E-state index contributed by atoms with van der Waals surface area (Å²) in [6, 6.07) is 18.4. The van der Waals surface area contributed by atoms with Crippen molar-refractivity contribution < 1.29 is 14.3 Å². The van der Waals surface area contributed by atoms with Crippen molar-refractivity contribution in [1.29, 1.82) is 0 Å². The van der Waals surface area contributed by atoms with Crippen molar-refractivity contribution in [3.63, 3.8) is 0 Å². The van der Waals surface area contributed by atoms with Crippen LogP contribution in [0.15, 0.2) is 73.2 Å². The fourth-order valence-electron chi connectivity index (χ4n) is 4.25. The first kappa shape index (κ1) is 26.1. The van der Waals surface area contributed by atoms with Gasteiger partial charge in [-0.3, -0.25) is 4.79 Å². The van der Waals surface area contributed by atoms with Gasteiger partial charge in [0.2, 0.25) is 5.91 Å². The molecular formula is C26H31FN8O2. The Morgan fingerprint density at radius 1 is 1.14 bits per heavy atom. The molecule has 2 aromatic heterocycles. The SMILES string of the molecule is CC(C)(O)[C@H](c1nc(-c2ccccc2)cn1Cc1ccccc1)N(C[C@H](F)CN)C(=O)Cn1ncnn1. The molecular weight excluding hydrogens is 475 g/mol. The van der Waals surface area contributed by atoms with Gasteiger partial charge in [0.15, 0.2) is 6.33 Å². The molecule has 0 bridgehead atoms. The Morgan fingerprint density at radius 3 is 2.41 bits per heavy atom. The normalized spacial score (nSPS) is 13.3. The monoisotopic (exact) mass is 506 g/mol. The van der Waals surface area contributed by atoms with Gasteiger partial charge in [0.1, 0.15) is 24.6 Å². The highest BCUT2D eigenvalue weighted by atomic mass is 19.1. The average molecular weight is 507 g/mol. The highest BCUT2D eigenvalue weighted by Gasteiger charge is 2.41. The number of aliphatic hydroxyl groups is 1. The fraction of sp³-hybridized carbons (Fsp3) is 0.346. The minimum atomic E-state index is -1.51. The lowest BCUT2D eigenvalue weighted by Gasteiger charge is -2.39. The van der Waals surface area contributed by atoms with Crippen molar-refractivity contribution in [3.05, 3.63) is 84.6 Å². The minimum absolute atomic E-state index is 0.280. The first-order chi connectivity index (χ1) is 17.8. The van der Waals surface area contributed by atoms with Crippen molar-refractivity contribution in [1.82, 2.24) is 34.7 Å².